The molecule has 0 amide bonds. The van der Waals surface area contributed by atoms with Crippen LogP contribution in [0, 0.1) is 11.3 Å². The van der Waals surface area contributed by atoms with Gasteiger partial charge in [0.2, 0.25) is 0 Å². The second-order valence-corrected chi connectivity index (χ2v) is 4.98. The molecule has 2 atom stereocenters. The lowest BCUT2D eigenvalue weighted by Crippen LogP contribution is -2.40. The minimum absolute atomic E-state index is 0.0243. The van der Waals surface area contributed by atoms with Crippen LogP contribution in [0.3, 0.4) is 0 Å². The Labute approximate surface area is 79.0 Å². The molecule has 2 heterocycles. The first-order valence-corrected chi connectivity index (χ1v) is 4.86. The van der Waals surface area contributed by atoms with Crippen molar-refractivity contribution in [1.82, 2.24) is 0 Å². The third kappa shape index (κ3) is 1.28. The van der Waals surface area contributed by atoms with Gasteiger partial charge in [-0.1, -0.05) is 19.9 Å². The fourth-order valence-electron chi connectivity index (χ4n) is 2.20. The van der Waals surface area contributed by atoms with Crippen molar-refractivity contribution in [1.29, 1.82) is 0 Å². The largest absolute Gasteiger partial charge is 0.455 e. The Morgan fingerprint density at radius 1 is 1.38 bits per heavy atom. The highest BCUT2D eigenvalue weighted by atomic mass is 16.6. The van der Waals surface area contributed by atoms with Gasteiger partial charge in [-0.2, -0.15) is 0 Å². The molecule has 13 heavy (non-hydrogen) atoms. The zero-order chi connectivity index (χ0) is 9.69. The molecule has 1 fully saturated rings. The molecule has 1 saturated heterocycles. The molecule has 0 aromatic carbocycles. The smallest absolute Gasteiger partial charge is 0.310 e. The van der Waals surface area contributed by atoms with E-state index >= 15 is 0 Å². The highest BCUT2D eigenvalue weighted by Crippen LogP contribution is 2.44. The maximum atomic E-state index is 11.6. The van der Waals surface area contributed by atoms with Crippen LogP contribution >= 0.6 is 0 Å². The molecule has 72 valence electrons. The average molecular weight is 180 g/mol. The molecule has 1 aliphatic carbocycles. The molecule has 0 saturated carbocycles. The Balaban J connectivity index is 2.43. The summed E-state index contributed by atoms with van der Waals surface area (Å²) in [7, 11) is 0. The normalized spacial score (nSPS) is 41.5. The second kappa shape index (κ2) is 2.37. The van der Waals surface area contributed by atoms with Crippen molar-refractivity contribution in [2.45, 2.75) is 39.2 Å². The van der Waals surface area contributed by atoms with Gasteiger partial charge in [-0.25, -0.2) is 0 Å². The van der Waals surface area contributed by atoms with Crippen LogP contribution in [-0.4, -0.2) is 11.6 Å². The van der Waals surface area contributed by atoms with E-state index in [0.717, 1.165) is 12.8 Å². The van der Waals surface area contributed by atoms with Crippen molar-refractivity contribution in [2.24, 2.45) is 11.3 Å². The zero-order valence-corrected chi connectivity index (χ0v) is 8.46. The van der Waals surface area contributed by atoms with Crippen molar-refractivity contribution >= 4 is 5.97 Å². The van der Waals surface area contributed by atoms with Crippen LogP contribution in [0.2, 0.25) is 0 Å². The quantitative estimate of drug-likeness (QED) is 0.422. The summed E-state index contributed by atoms with van der Waals surface area (Å²) in [6, 6.07) is 0. The molecule has 3 rings (SSSR count). The Hall–Kier alpha value is -0.790. The Morgan fingerprint density at radius 3 is 2.69 bits per heavy atom. The number of fused-ring (bicyclic) bond motifs is 3. The predicted octanol–water partition coefficient (Wildman–Crippen LogP) is 2.29. The molecule has 0 N–H and O–H groups in total. The fraction of sp³-hybridized carbons (Fsp3) is 0.727. The van der Waals surface area contributed by atoms with Gasteiger partial charge in [-0.05, 0) is 31.3 Å². The average Bonchev–Trinajstić information content (AvgIpc) is 2.14. The van der Waals surface area contributed by atoms with Crippen LogP contribution in [0.1, 0.15) is 33.6 Å². The van der Waals surface area contributed by atoms with E-state index in [1.807, 2.05) is 6.92 Å². The molecular weight excluding hydrogens is 164 g/mol. The van der Waals surface area contributed by atoms with Gasteiger partial charge in [0, 0.05) is 0 Å². The zero-order valence-electron chi connectivity index (χ0n) is 8.46. The molecule has 2 nitrogen and oxygen atoms in total. The van der Waals surface area contributed by atoms with Crippen LogP contribution < -0.4 is 0 Å². The number of carbonyl (C=O) groups is 1. The fourth-order valence-corrected chi connectivity index (χ4v) is 2.20. The molecule has 0 aromatic heterocycles. The van der Waals surface area contributed by atoms with Gasteiger partial charge in [0.25, 0.3) is 0 Å². The van der Waals surface area contributed by atoms with Crippen molar-refractivity contribution in [3.63, 3.8) is 0 Å². The van der Waals surface area contributed by atoms with Gasteiger partial charge in [0.1, 0.15) is 5.60 Å². The van der Waals surface area contributed by atoms with E-state index in [4.69, 9.17) is 4.74 Å². The topological polar surface area (TPSA) is 26.3 Å². The van der Waals surface area contributed by atoms with Crippen LogP contribution in [0.5, 0.6) is 0 Å². The number of esters is 1. The lowest BCUT2D eigenvalue weighted by molar-refractivity contribution is -0.169. The summed E-state index contributed by atoms with van der Waals surface area (Å²) in [5.41, 5.74) is -0.368. The number of hydrogen-bond donors (Lipinski definition) is 0. The first kappa shape index (κ1) is 8.79. The molecule has 0 spiro atoms. The molecular formula is C11H16O2. The summed E-state index contributed by atoms with van der Waals surface area (Å²) in [6.45, 7) is 6.19. The number of carbonyl (C=O) groups excluding carboxylic acids is 1. The van der Waals surface area contributed by atoms with Gasteiger partial charge in [-0.15, -0.1) is 0 Å². The predicted molar refractivity (Wildman–Crippen MR) is 50.1 cm³/mol. The highest BCUT2D eigenvalue weighted by molar-refractivity contribution is 5.76. The van der Waals surface area contributed by atoms with Crippen molar-refractivity contribution in [3.8, 4) is 0 Å². The minimum atomic E-state index is -0.332. The maximum Gasteiger partial charge on any atom is 0.310 e. The SMILES string of the molecule is CC1(C)C=C[C@]2(C)CC[C@H]1C(=O)O2. The Bertz CT molecular complexity index is 278. The van der Waals surface area contributed by atoms with E-state index in [9.17, 15) is 4.79 Å². The van der Waals surface area contributed by atoms with Gasteiger partial charge < -0.3 is 4.74 Å². The number of allylic oxidation sites excluding steroid dienone is 1. The van der Waals surface area contributed by atoms with E-state index in [2.05, 4.69) is 26.0 Å². The summed E-state index contributed by atoms with van der Waals surface area (Å²) < 4.78 is 5.41. The first-order chi connectivity index (χ1) is 5.93. The lowest BCUT2D eigenvalue weighted by atomic mass is 9.76. The second-order valence-electron chi connectivity index (χ2n) is 4.98. The molecule has 2 aliphatic heterocycles. The number of hydrogen-bond acceptors (Lipinski definition) is 2. The summed E-state index contributed by atoms with van der Waals surface area (Å²) in [5, 5.41) is 0. The molecule has 0 radical (unpaired) electrons. The Morgan fingerprint density at radius 2 is 2.08 bits per heavy atom. The summed E-state index contributed by atoms with van der Waals surface area (Å²) in [6.07, 6.45) is 6.10. The molecule has 2 bridgehead atoms. The third-order valence-electron chi connectivity index (χ3n) is 3.31. The van der Waals surface area contributed by atoms with Crippen LogP contribution in [0.25, 0.3) is 0 Å². The van der Waals surface area contributed by atoms with Crippen molar-refractivity contribution in [2.75, 3.05) is 0 Å². The van der Waals surface area contributed by atoms with Gasteiger partial charge in [-0.3, -0.25) is 4.79 Å². The van der Waals surface area contributed by atoms with E-state index in [0.29, 0.717) is 0 Å². The first-order valence-electron chi connectivity index (χ1n) is 4.86. The van der Waals surface area contributed by atoms with E-state index in [-0.39, 0.29) is 22.9 Å². The standard InChI is InChI=1S/C11H16O2/c1-10(2)6-7-11(3)5-4-8(10)9(12)13-11/h6-8H,4-5H2,1-3H3/t8-,11-/m0/s1. The minimum Gasteiger partial charge on any atom is -0.455 e. The molecule has 2 heteroatoms. The number of rotatable bonds is 0. The van der Waals surface area contributed by atoms with Crippen LogP contribution in [0.4, 0.5) is 0 Å². The van der Waals surface area contributed by atoms with Gasteiger partial charge in [0.05, 0.1) is 5.92 Å². The summed E-state index contributed by atoms with van der Waals surface area (Å²) in [5.74, 6) is 0.0306. The van der Waals surface area contributed by atoms with Gasteiger partial charge in [0.15, 0.2) is 0 Å². The molecule has 3 aliphatic rings. The van der Waals surface area contributed by atoms with Gasteiger partial charge >= 0.3 is 5.97 Å². The van der Waals surface area contributed by atoms with Crippen molar-refractivity contribution in [3.05, 3.63) is 12.2 Å². The van der Waals surface area contributed by atoms with E-state index in [1.54, 1.807) is 0 Å². The van der Waals surface area contributed by atoms with E-state index < -0.39 is 0 Å². The van der Waals surface area contributed by atoms with Crippen LogP contribution in [-0.2, 0) is 9.53 Å². The van der Waals surface area contributed by atoms with E-state index in [1.165, 1.54) is 0 Å². The Kier molecular flexibility index (Phi) is 1.60. The van der Waals surface area contributed by atoms with Crippen molar-refractivity contribution < 1.29 is 9.53 Å². The summed E-state index contributed by atoms with van der Waals surface area (Å²) in [4.78, 5) is 11.6. The maximum absolute atomic E-state index is 11.6. The molecule has 0 aromatic rings. The highest BCUT2D eigenvalue weighted by Gasteiger charge is 2.46. The monoisotopic (exact) mass is 180 g/mol. The van der Waals surface area contributed by atoms with Crippen LogP contribution in [0.15, 0.2) is 12.2 Å². The third-order valence-corrected chi connectivity index (χ3v) is 3.31. The summed E-state index contributed by atoms with van der Waals surface area (Å²) >= 11 is 0. The number of ether oxygens (including phenoxy) is 1. The molecule has 0 unspecified atom stereocenters. The lowest BCUT2D eigenvalue weighted by Gasteiger charge is -2.35.